The van der Waals surface area contributed by atoms with Gasteiger partial charge in [-0.2, -0.15) is 0 Å². The summed E-state index contributed by atoms with van der Waals surface area (Å²) in [6.45, 7) is 0. The Hall–Kier alpha value is -2.02. The van der Waals surface area contributed by atoms with Gasteiger partial charge in [-0.25, -0.2) is 0 Å². The van der Waals surface area contributed by atoms with Gasteiger partial charge >= 0.3 is 0 Å². The van der Waals surface area contributed by atoms with Crippen LogP contribution in [0.1, 0.15) is 17.2 Å². The van der Waals surface area contributed by atoms with E-state index in [0.29, 0.717) is 6.04 Å². The Morgan fingerprint density at radius 3 is 2.53 bits per heavy atom. The molecule has 2 aromatic rings. The predicted molar refractivity (Wildman–Crippen MR) is 72.1 cm³/mol. The highest BCUT2D eigenvalue weighted by atomic mass is 14.9. The molecule has 0 saturated heterocycles. The van der Waals surface area contributed by atoms with Crippen molar-refractivity contribution >= 4 is 5.69 Å². The Morgan fingerprint density at radius 2 is 1.65 bits per heavy atom. The van der Waals surface area contributed by atoms with Crippen molar-refractivity contribution in [1.82, 2.24) is 0 Å². The standard InChI is InChI=1S/C16H15N/c1-2-9-14(10-3-1)17-16-12-6-8-13-7-4-5-11-15(13)16/h1-7,9-12,16-17H,8H2. The molecule has 1 aliphatic rings. The third kappa shape index (κ3) is 2.09. The lowest BCUT2D eigenvalue weighted by Gasteiger charge is -2.22. The molecule has 84 valence electrons. The molecule has 1 nitrogen and oxygen atoms in total. The van der Waals surface area contributed by atoms with Gasteiger partial charge in [0.25, 0.3) is 0 Å². The summed E-state index contributed by atoms with van der Waals surface area (Å²) >= 11 is 0. The highest BCUT2D eigenvalue weighted by Gasteiger charge is 2.14. The van der Waals surface area contributed by atoms with Gasteiger partial charge in [-0.1, -0.05) is 54.6 Å². The van der Waals surface area contributed by atoms with Gasteiger partial charge in [-0.05, 0) is 29.7 Å². The first-order chi connectivity index (χ1) is 8.43. The summed E-state index contributed by atoms with van der Waals surface area (Å²) in [4.78, 5) is 0. The van der Waals surface area contributed by atoms with Crippen LogP contribution < -0.4 is 5.32 Å². The van der Waals surface area contributed by atoms with Crippen LogP contribution in [-0.4, -0.2) is 0 Å². The monoisotopic (exact) mass is 221 g/mol. The zero-order valence-electron chi connectivity index (χ0n) is 9.64. The Balaban J connectivity index is 1.89. The van der Waals surface area contributed by atoms with Gasteiger partial charge in [0.1, 0.15) is 0 Å². The number of anilines is 1. The van der Waals surface area contributed by atoms with E-state index in [0.717, 1.165) is 6.42 Å². The maximum Gasteiger partial charge on any atom is 0.0700 e. The summed E-state index contributed by atoms with van der Waals surface area (Å²) < 4.78 is 0. The van der Waals surface area contributed by atoms with E-state index in [2.05, 4.69) is 66.0 Å². The lowest BCUT2D eigenvalue weighted by atomic mass is 9.93. The molecule has 0 amide bonds. The van der Waals surface area contributed by atoms with Crippen LogP contribution in [0.2, 0.25) is 0 Å². The van der Waals surface area contributed by atoms with E-state index >= 15 is 0 Å². The number of rotatable bonds is 2. The molecule has 0 spiro atoms. The number of hydrogen-bond acceptors (Lipinski definition) is 1. The second-order valence-electron chi connectivity index (χ2n) is 4.32. The molecular formula is C16H15N. The minimum Gasteiger partial charge on any atom is -0.375 e. The van der Waals surface area contributed by atoms with Crippen molar-refractivity contribution in [2.75, 3.05) is 5.32 Å². The lowest BCUT2D eigenvalue weighted by molar-refractivity contribution is 0.923. The van der Waals surface area contributed by atoms with Crippen molar-refractivity contribution in [2.45, 2.75) is 12.5 Å². The Bertz CT molecular complexity index is 528. The van der Waals surface area contributed by atoms with Crippen LogP contribution in [0.5, 0.6) is 0 Å². The van der Waals surface area contributed by atoms with E-state index in [1.54, 1.807) is 0 Å². The van der Waals surface area contributed by atoms with Crippen molar-refractivity contribution in [3.63, 3.8) is 0 Å². The molecule has 0 saturated carbocycles. The Morgan fingerprint density at radius 1 is 0.882 bits per heavy atom. The fourth-order valence-corrected chi connectivity index (χ4v) is 2.30. The molecule has 0 fully saturated rings. The van der Waals surface area contributed by atoms with Crippen LogP contribution in [-0.2, 0) is 6.42 Å². The first-order valence-corrected chi connectivity index (χ1v) is 5.99. The van der Waals surface area contributed by atoms with Crippen LogP contribution in [0.3, 0.4) is 0 Å². The number of allylic oxidation sites excluding steroid dienone is 1. The number of fused-ring (bicyclic) bond motifs is 1. The van der Waals surface area contributed by atoms with E-state index in [1.165, 1.54) is 16.8 Å². The Labute approximate surface area is 102 Å². The smallest absolute Gasteiger partial charge is 0.0700 e. The van der Waals surface area contributed by atoms with Gasteiger partial charge in [-0.15, -0.1) is 0 Å². The summed E-state index contributed by atoms with van der Waals surface area (Å²) in [5, 5.41) is 3.55. The Kier molecular flexibility index (Phi) is 2.66. The summed E-state index contributed by atoms with van der Waals surface area (Å²) in [6.07, 6.45) is 5.53. The molecule has 1 N–H and O–H groups in total. The molecule has 1 unspecified atom stereocenters. The van der Waals surface area contributed by atoms with Crippen LogP contribution in [0.15, 0.2) is 66.7 Å². The quantitative estimate of drug-likeness (QED) is 0.757. The van der Waals surface area contributed by atoms with E-state index in [9.17, 15) is 0 Å². The topological polar surface area (TPSA) is 12.0 Å². The number of nitrogens with one attached hydrogen (secondary N) is 1. The zero-order valence-corrected chi connectivity index (χ0v) is 9.64. The van der Waals surface area contributed by atoms with Gasteiger partial charge in [-0.3, -0.25) is 0 Å². The fourth-order valence-electron chi connectivity index (χ4n) is 2.30. The zero-order chi connectivity index (χ0) is 11.5. The van der Waals surface area contributed by atoms with Crippen LogP contribution in [0.4, 0.5) is 5.69 Å². The van der Waals surface area contributed by atoms with E-state index in [1.807, 2.05) is 6.07 Å². The average molecular weight is 221 g/mol. The first-order valence-electron chi connectivity index (χ1n) is 5.99. The van der Waals surface area contributed by atoms with Gasteiger partial charge in [0.2, 0.25) is 0 Å². The molecule has 2 aromatic carbocycles. The third-order valence-electron chi connectivity index (χ3n) is 3.15. The molecular weight excluding hydrogens is 206 g/mol. The molecule has 0 aromatic heterocycles. The van der Waals surface area contributed by atoms with E-state index in [-0.39, 0.29) is 0 Å². The highest BCUT2D eigenvalue weighted by molar-refractivity contribution is 5.49. The molecule has 1 heteroatoms. The van der Waals surface area contributed by atoms with Crippen LogP contribution >= 0.6 is 0 Å². The lowest BCUT2D eigenvalue weighted by Crippen LogP contribution is -2.13. The van der Waals surface area contributed by atoms with Crippen molar-refractivity contribution in [2.24, 2.45) is 0 Å². The molecule has 0 radical (unpaired) electrons. The number of benzene rings is 2. The average Bonchev–Trinajstić information content (AvgIpc) is 2.40. The van der Waals surface area contributed by atoms with Gasteiger partial charge in [0, 0.05) is 5.69 Å². The molecule has 3 rings (SSSR count). The second kappa shape index (κ2) is 4.46. The van der Waals surface area contributed by atoms with Crippen molar-refractivity contribution in [3.8, 4) is 0 Å². The molecule has 17 heavy (non-hydrogen) atoms. The minimum atomic E-state index is 0.294. The summed E-state index contributed by atoms with van der Waals surface area (Å²) in [5.74, 6) is 0. The van der Waals surface area contributed by atoms with Crippen LogP contribution in [0, 0.1) is 0 Å². The van der Waals surface area contributed by atoms with Gasteiger partial charge in [0.15, 0.2) is 0 Å². The van der Waals surface area contributed by atoms with Crippen molar-refractivity contribution in [3.05, 3.63) is 77.9 Å². The predicted octanol–water partition coefficient (Wildman–Crippen LogP) is 3.95. The van der Waals surface area contributed by atoms with Crippen molar-refractivity contribution < 1.29 is 0 Å². The SMILES string of the molecule is C1=CC(Nc2ccccc2)c2ccccc2C1. The normalized spacial score (nSPS) is 17.5. The summed E-state index contributed by atoms with van der Waals surface area (Å²) in [6, 6.07) is 19.3. The summed E-state index contributed by atoms with van der Waals surface area (Å²) in [5.41, 5.74) is 3.97. The number of para-hydroxylation sites is 1. The van der Waals surface area contributed by atoms with Crippen molar-refractivity contribution in [1.29, 1.82) is 0 Å². The highest BCUT2D eigenvalue weighted by Crippen LogP contribution is 2.27. The van der Waals surface area contributed by atoms with Gasteiger partial charge < -0.3 is 5.32 Å². The van der Waals surface area contributed by atoms with E-state index < -0.39 is 0 Å². The second-order valence-corrected chi connectivity index (χ2v) is 4.32. The number of hydrogen-bond donors (Lipinski definition) is 1. The van der Waals surface area contributed by atoms with E-state index in [4.69, 9.17) is 0 Å². The molecule has 0 aliphatic heterocycles. The maximum absolute atomic E-state index is 3.55. The van der Waals surface area contributed by atoms with Gasteiger partial charge in [0.05, 0.1) is 6.04 Å². The minimum absolute atomic E-state index is 0.294. The largest absolute Gasteiger partial charge is 0.375 e. The first kappa shape index (κ1) is 10.2. The molecule has 0 bridgehead atoms. The molecule has 1 atom stereocenters. The maximum atomic E-state index is 3.55. The van der Waals surface area contributed by atoms with Crippen LogP contribution in [0.25, 0.3) is 0 Å². The fraction of sp³-hybridized carbons (Fsp3) is 0.125. The molecule has 1 aliphatic carbocycles. The summed E-state index contributed by atoms with van der Waals surface area (Å²) in [7, 11) is 0. The third-order valence-corrected chi connectivity index (χ3v) is 3.15. The molecule has 0 heterocycles.